The van der Waals surface area contributed by atoms with Crippen LogP contribution in [0.5, 0.6) is 11.5 Å². The van der Waals surface area contributed by atoms with Gasteiger partial charge in [-0.25, -0.2) is 4.79 Å². The average molecular weight is 355 g/mol. The Balaban J connectivity index is 1.58. The third kappa shape index (κ3) is 4.14. The third-order valence-electron chi connectivity index (χ3n) is 4.32. The normalized spacial score (nSPS) is 13.0. The minimum Gasteiger partial charge on any atom is -0.494 e. The number of carboxylic acid groups (broad SMARTS) is 1. The molecule has 2 aromatic carbocycles. The van der Waals surface area contributed by atoms with Crippen LogP contribution in [0.3, 0.4) is 0 Å². The lowest BCUT2D eigenvalue weighted by atomic mass is 9.97. The van der Waals surface area contributed by atoms with Crippen LogP contribution in [-0.4, -0.2) is 41.6 Å². The number of aromatic carboxylic acids is 1. The summed E-state index contributed by atoms with van der Waals surface area (Å²) in [5.41, 5.74) is 2.21. The summed E-state index contributed by atoms with van der Waals surface area (Å²) in [4.78, 5) is 25.2. The molecule has 1 N–H and O–H groups in total. The number of carboxylic acids is 1. The fourth-order valence-electron chi connectivity index (χ4n) is 2.94. The van der Waals surface area contributed by atoms with Crippen molar-refractivity contribution in [3.63, 3.8) is 0 Å². The zero-order chi connectivity index (χ0) is 18.5. The van der Waals surface area contributed by atoms with Crippen molar-refractivity contribution < 1.29 is 24.2 Å². The van der Waals surface area contributed by atoms with Crippen molar-refractivity contribution >= 4 is 11.9 Å². The third-order valence-corrected chi connectivity index (χ3v) is 4.32. The fraction of sp³-hybridized carbons (Fsp3) is 0.300. The van der Waals surface area contributed by atoms with Crippen molar-refractivity contribution in [3.8, 4) is 11.5 Å². The standard InChI is InChI=1S/C20H21NO5/c1-2-25-17-5-7-18(8-6-17)26-13-19(22)21-10-9-14-3-4-15(20(23)24)11-16(14)12-21/h3-8,11H,2,9-10,12-13H2,1H3,(H,23,24). The van der Waals surface area contributed by atoms with Crippen LogP contribution in [0.25, 0.3) is 0 Å². The summed E-state index contributed by atoms with van der Waals surface area (Å²) in [7, 11) is 0. The van der Waals surface area contributed by atoms with E-state index < -0.39 is 5.97 Å². The van der Waals surface area contributed by atoms with Crippen LogP contribution >= 0.6 is 0 Å². The van der Waals surface area contributed by atoms with Gasteiger partial charge in [-0.05, 0) is 60.9 Å². The van der Waals surface area contributed by atoms with Crippen LogP contribution in [0, 0.1) is 0 Å². The van der Waals surface area contributed by atoms with Gasteiger partial charge in [-0.3, -0.25) is 4.79 Å². The van der Waals surface area contributed by atoms with Gasteiger partial charge in [0.1, 0.15) is 11.5 Å². The highest BCUT2D eigenvalue weighted by Crippen LogP contribution is 2.21. The molecule has 0 saturated carbocycles. The van der Waals surface area contributed by atoms with Gasteiger partial charge in [0.2, 0.25) is 0 Å². The summed E-state index contributed by atoms with van der Waals surface area (Å²) in [5.74, 6) is 0.278. The van der Waals surface area contributed by atoms with E-state index in [9.17, 15) is 9.59 Å². The fourth-order valence-corrected chi connectivity index (χ4v) is 2.94. The first-order valence-corrected chi connectivity index (χ1v) is 8.55. The largest absolute Gasteiger partial charge is 0.494 e. The molecule has 0 bridgehead atoms. The lowest BCUT2D eigenvalue weighted by molar-refractivity contribution is -0.134. The highest BCUT2D eigenvalue weighted by atomic mass is 16.5. The van der Waals surface area contributed by atoms with Crippen molar-refractivity contribution in [1.82, 2.24) is 4.90 Å². The SMILES string of the molecule is CCOc1ccc(OCC(=O)N2CCc3ccc(C(=O)O)cc3C2)cc1. The number of hydrogen-bond acceptors (Lipinski definition) is 4. The van der Waals surface area contributed by atoms with E-state index in [1.54, 1.807) is 41.3 Å². The van der Waals surface area contributed by atoms with E-state index in [1.807, 2.05) is 13.0 Å². The first kappa shape index (κ1) is 17.8. The molecule has 1 aliphatic rings. The molecular formula is C20H21NO5. The zero-order valence-corrected chi connectivity index (χ0v) is 14.6. The van der Waals surface area contributed by atoms with E-state index in [0.29, 0.717) is 31.9 Å². The Morgan fingerprint density at radius 1 is 1.04 bits per heavy atom. The van der Waals surface area contributed by atoms with Crippen LogP contribution in [0.15, 0.2) is 42.5 Å². The molecular weight excluding hydrogens is 334 g/mol. The lowest BCUT2D eigenvalue weighted by Crippen LogP contribution is -2.38. The van der Waals surface area contributed by atoms with Gasteiger partial charge in [0.15, 0.2) is 6.61 Å². The summed E-state index contributed by atoms with van der Waals surface area (Å²) < 4.78 is 10.9. The molecule has 0 aliphatic carbocycles. The summed E-state index contributed by atoms with van der Waals surface area (Å²) in [6.07, 6.45) is 0.712. The van der Waals surface area contributed by atoms with E-state index in [0.717, 1.165) is 16.9 Å². The van der Waals surface area contributed by atoms with Crippen molar-refractivity contribution in [3.05, 3.63) is 59.2 Å². The van der Waals surface area contributed by atoms with E-state index in [-0.39, 0.29) is 18.1 Å². The number of amides is 1. The van der Waals surface area contributed by atoms with Crippen LogP contribution < -0.4 is 9.47 Å². The van der Waals surface area contributed by atoms with Crippen molar-refractivity contribution in [2.45, 2.75) is 19.9 Å². The van der Waals surface area contributed by atoms with Gasteiger partial charge < -0.3 is 19.5 Å². The molecule has 6 nitrogen and oxygen atoms in total. The number of carbonyl (C=O) groups excluding carboxylic acids is 1. The Kier molecular flexibility index (Phi) is 5.41. The van der Waals surface area contributed by atoms with Crippen LogP contribution in [0.2, 0.25) is 0 Å². The number of nitrogens with zero attached hydrogens (tertiary/aromatic N) is 1. The summed E-state index contributed by atoms with van der Waals surface area (Å²) in [6.45, 7) is 3.47. The Labute approximate surface area is 152 Å². The maximum atomic E-state index is 12.4. The highest BCUT2D eigenvalue weighted by Gasteiger charge is 2.22. The van der Waals surface area contributed by atoms with Gasteiger partial charge in [-0.1, -0.05) is 6.07 Å². The Morgan fingerprint density at radius 2 is 1.73 bits per heavy atom. The molecule has 0 radical (unpaired) electrons. The molecule has 1 heterocycles. The van der Waals surface area contributed by atoms with Crippen molar-refractivity contribution in [2.24, 2.45) is 0 Å². The molecule has 0 spiro atoms. The van der Waals surface area contributed by atoms with E-state index in [2.05, 4.69) is 0 Å². The van der Waals surface area contributed by atoms with Gasteiger partial charge in [0.25, 0.3) is 5.91 Å². The number of hydrogen-bond donors (Lipinski definition) is 1. The second kappa shape index (κ2) is 7.91. The molecule has 1 aliphatic heterocycles. The number of carbonyl (C=O) groups is 2. The van der Waals surface area contributed by atoms with Crippen LogP contribution in [0.1, 0.15) is 28.4 Å². The molecule has 0 atom stereocenters. The zero-order valence-electron chi connectivity index (χ0n) is 14.6. The minimum absolute atomic E-state index is 0.0536. The number of ether oxygens (including phenoxy) is 2. The molecule has 1 amide bonds. The summed E-state index contributed by atoms with van der Waals surface area (Å²) in [6, 6.07) is 12.2. The number of benzene rings is 2. The monoisotopic (exact) mass is 355 g/mol. The van der Waals surface area contributed by atoms with E-state index in [1.165, 1.54) is 0 Å². The molecule has 26 heavy (non-hydrogen) atoms. The maximum absolute atomic E-state index is 12.4. The van der Waals surface area contributed by atoms with Crippen LogP contribution in [0.4, 0.5) is 0 Å². The molecule has 0 saturated heterocycles. The Hall–Kier alpha value is -3.02. The molecule has 3 rings (SSSR count). The van der Waals surface area contributed by atoms with Gasteiger partial charge >= 0.3 is 5.97 Å². The van der Waals surface area contributed by atoms with Crippen LogP contribution in [-0.2, 0) is 17.8 Å². The second-order valence-electron chi connectivity index (χ2n) is 6.05. The molecule has 0 aromatic heterocycles. The van der Waals surface area contributed by atoms with Crippen molar-refractivity contribution in [2.75, 3.05) is 19.8 Å². The van der Waals surface area contributed by atoms with E-state index in [4.69, 9.17) is 14.6 Å². The Morgan fingerprint density at radius 3 is 2.38 bits per heavy atom. The van der Waals surface area contributed by atoms with Gasteiger partial charge in [-0.2, -0.15) is 0 Å². The summed E-state index contributed by atoms with van der Waals surface area (Å²) in [5, 5.41) is 9.12. The smallest absolute Gasteiger partial charge is 0.335 e. The second-order valence-corrected chi connectivity index (χ2v) is 6.05. The number of rotatable bonds is 6. The lowest BCUT2D eigenvalue weighted by Gasteiger charge is -2.29. The van der Waals surface area contributed by atoms with E-state index >= 15 is 0 Å². The molecule has 0 unspecified atom stereocenters. The quantitative estimate of drug-likeness (QED) is 0.862. The predicted octanol–water partition coefficient (Wildman–Crippen LogP) is 2.75. The first-order chi connectivity index (χ1) is 12.6. The molecule has 136 valence electrons. The molecule has 2 aromatic rings. The van der Waals surface area contributed by atoms with Crippen molar-refractivity contribution in [1.29, 1.82) is 0 Å². The highest BCUT2D eigenvalue weighted by molar-refractivity contribution is 5.88. The van der Waals surface area contributed by atoms with Gasteiger partial charge in [0.05, 0.1) is 12.2 Å². The summed E-state index contributed by atoms with van der Waals surface area (Å²) >= 11 is 0. The predicted molar refractivity (Wildman–Crippen MR) is 95.6 cm³/mol. The topological polar surface area (TPSA) is 76.1 Å². The number of fused-ring (bicyclic) bond motifs is 1. The maximum Gasteiger partial charge on any atom is 0.335 e. The Bertz CT molecular complexity index is 800. The van der Waals surface area contributed by atoms with Gasteiger partial charge in [0, 0.05) is 13.1 Å². The molecule has 6 heteroatoms. The molecule has 0 fully saturated rings. The van der Waals surface area contributed by atoms with Gasteiger partial charge in [-0.15, -0.1) is 0 Å². The minimum atomic E-state index is -0.963. The average Bonchev–Trinajstić information content (AvgIpc) is 2.66. The first-order valence-electron chi connectivity index (χ1n) is 8.55.